The molecular formula is C12H20F3NO5S. The lowest BCUT2D eigenvalue weighted by molar-refractivity contribution is -0.194. The Morgan fingerprint density at radius 3 is 2.18 bits per heavy atom. The van der Waals surface area contributed by atoms with Gasteiger partial charge < -0.3 is 4.74 Å². The van der Waals surface area contributed by atoms with E-state index in [0.29, 0.717) is 4.90 Å². The largest absolute Gasteiger partial charge is 0.444 e. The number of halogens is 3. The van der Waals surface area contributed by atoms with Crippen LogP contribution in [0.25, 0.3) is 0 Å². The number of carbonyl (C=O) groups excluding carboxylic acids is 1. The van der Waals surface area contributed by atoms with Crippen molar-refractivity contribution in [2.75, 3.05) is 12.8 Å². The lowest BCUT2D eigenvalue weighted by Gasteiger charge is -2.40. The quantitative estimate of drug-likeness (QED) is 0.717. The van der Waals surface area contributed by atoms with Crippen molar-refractivity contribution in [1.29, 1.82) is 0 Å². The van der Waals surface area contributed by atoms with Crippen molar-refractivity contribution in [3.8, 4) is 0 Å². The number of amides is 1. The van der Waals surface area contributed by atoms with Crippen LogP contribution in [0.1, 0.15) is 33.6 Å². The van der Waals surface area contributed by atoms with Crippen molar-refractivity contribution < 1.29 is 35.3 Å². The van der Waals surface area contributed by atoms with Crippen molar-refractivity contribution in [2.45, 2.75) is 57.5 Å². The molecule has 1 rings (SSSR count). The van der Waals surface area contributed by atoms with Gasteiger partial charge in [-0.3, -0.25) is 9.08 Å². The maximum Gasteiger partial charge on any atom is 0.410 e. The number of carbonyl (C=O) groups is 1. The highest BCUT2D eigenvalue weighted by Crippen LogP contribution is 2.34. The van der Waals surface area contributed by atoms with Crippen molar-refractivity contribution in [2.24, 2.45) is 0 Å². The van der Waals surface area contributed by atoms with Crippen LogP contribution in [0.3, 0.4) is 0 Å². The normalized spacial score (nSPS) is 24.2. The minimum Gasteiger partial charge on any atom is -0.444 e. The summed E-state index contributed by atoms with van der Waals surface area (Å²) in [6, 6.07) is -2.14. The minimum atomic E-state index is -4.70. The fourth-order valence-corrected chi connectivity index (χ4v) is 2.79. The standard InChI is InChI=1S/C12H20F3NO5S/c1-11(2,3)20-10(17)16-6-5-8(21-22(4,18)19)7-9(16)12(13,14)15/h8-9H,5-7H2,1-4H3. The molecule has 0 aromatic rings. The van der Waals surface area contributed by atoms with Gasteiger partial charge in [0.05, 0.1) is 12.4 Å². The maximum atomic E-state index is 13.1. The predicted octanol–water partition coefficient (Wildman–Crippen LogP) is 2.29. The van der Waals surface area contributed by atoms with Gasteiger partial charge in [-0.15, -0.1) is 0 Å². The van der Waals surface area contributed by atoms with E-state index in [1.54, 1.807) is 20.8 Å². The number of nitrogens with zero attached hydrogens (tertiary/aromatic N) is 1. The van der Waals surface area contributed by atoms with E-state index in [1.165, 1.54) is 0 Å². The zero-order valence-electron chi connectivity index (χ0n) is 12.8. The zero-order chi connectivity index (χ0) is 17.3. The molecule has 1 fully saturated rings. The minimum absolute atomic E-state index is 0.0150. The van der Waals surface area contributed by atoms with E-state index in [0.717, 1.165) is 6.26 Å². The van der Waals surface area contributed by atoms with Gasteiger partial charge in [-0.2, -0.15) is 21.6 Å². The number of likely N-dealkylation sites (tertiary alicyclic amines) is 1. The van der Waals surface area contributed by atoms with Crippen LogP contribution in [-0.4, -0.2) is 56.1 Å². The van der Waals surface area contributed by atoms with Gasteiger partial charge in [0.1, 0.15) is 11.6 Å². The summed E-state index contributed by atoms with van der Waals surface area (Å²) in [4.78, 5) is 12.5. The molecule has 0 saturated carbocycles. The SMILES string of the molecule is CC(C)(C)OC(=O)N1CCC(OS(C)(=O)=O)CC1C(F)(F)F. The first kappa shape index (κ1) is 19.0. The summed E-state index contributed by atoms with van der Waals surface area (Å²) in [5.74, 6) is 0. The van der Waals surface area contributed by atoms with Gasteiger partial charge in [-0.1, -0.05) is 0 Å². The van der Waals surface area contributed by atoms with Gasteiger partial charge in [0, 0.05) is 13.0 Å². The summed E-state index contributed by atoms with van der Waals surface area (Å²) in [5, 5.41) is 0. The second-order valence-corrected chi connectivity index (χ2v) is 7.78. The molecule has 1 saturated heterocycles. The molecule has 1 heterocycles. The second kappa shape index (κ2) is 6.23. The van der Waals surface area contributed by atoms with Gasteiger partial charge in [0.25, 0.3) is 10.1 Å². The first-order valence-corrected chi connectivity index (χ1v) is 8.45. The zero-order valence-corrected chi connectivity index (χ0v) is 13.6. The fraction of sp³-hybridized carbons (Fsp3) is 0.917. The first-order chi connectivity index (χ1) is 9.69. The van der Waals surface area contributed by atoms with E-state index in [2.05, 4.69) is 4.18 Å². The summed E-state index contributed by atoms with van der Waals surface area (Å²) in [6.45, 7) is 4.35. The third-order valence-corrected chi connectivity index (χ3v) is 3.49. The molecule has 2 atom stereocenters. The Kier molecular flexibility index (Phi) is 5.38. The van der Waals surface area contributed by atoms with Gasteiger partial charge >= 0.3 is 12.3 Å². The summed E-state index contributed by atoms with van der Waals surface area (Å²) >= 11 is 0. The lowest BCUT2D eigenvalue weighted by Crippen LogP contribution is -2.55. The van der Waals surface area contributed by atoms with Crippen LogP contribution < -0.4 is 0 Å². The Morgan fingerprint density at radius 1 is 1.23 bits per heavy atom. The molecule has 0 aliphatic carbocycles. The molecular weight excluding hydrogens is 327 g/mol. The number of hydrogen-bond donors (Lipinski definition) is 0. The fourth-order valence-electron chi connectivity index (χ4n) is 2.12. The number of rotatable bonds is 2. The molecule has 0 aromatic heterocycles. The molecule has 0 N–H and O–H groups in total. The molecule has 0 aromatic carbocycles. The topological polar surface area (TPSA) is 72.9 Å². The molecule has 0 bridgehead atoms. The van der Waals surface area contributed by atoms with Crippen LogP contribution in [0.5, 0.6) is 0 Å². The summed E-state index contributed by atoms with van der Waals surface area (Å²) in [5.41, 5.74) is -0.923. The van der Waals surface area contributed by atoms with E-state index < -0.39 is 46.6 Å². The van der Waals surface area contributed by atoms with Crippen molar-refractivity contribution in [3.63, 3.8) is 0 Å². The van der Waals surface area contributed by atoms with E-state index in [4.69, 9.17) is 4.74 Å². The highest BCUT2D eigenvalue weighted by Gasteiger charge is 2.50. The molecule has 6 nitrogen and oxygen atoms in total. The maximum absolute atomic E-state index is 13.1. The smallest absolute Gasteiger partial charge is 0.410 e. The number of hydrogen-bond acceptors (Lipinski definition) is 5. The van der Waals surface area contributed by atoms with E-state index >= 15 is 0 Å². The average molecular weight is 347 g/mol. The molecule has 1 aliphatic rings. The Labute approximate surface area is 127 Å². The highest BCUT2D eigenvalue weighted by atomic mass is 32.2. The van der Waals surface area contributed by atoms with Crippen molar-refractivity contribution in [1.82, 2.24) is 4.90 Å². The second-order valence-electron chi connectivity index (χ2n) is 6.18. The van der Waals surface area contributed by atoms with E-state index in [9.17, 15) is 26.4 Å². The van der Waals surface area contributed by atoms with Crippen molar-refractivity contribution >= 4 is 16.2 Å². The summed E-state index contributed by atoms with van der Waals surface area (Å²) in [7, 11) is -3.86. The third kappa shape index (κ3) is 5.99. The lowest BCUT2D eigenvalue weighted by atomic mass is 9.99. The van der Waals surface area contributed by atoms with Gasteiger partial charge in [0.15, 0.2) is 0 Å². The Morgan fingerprint density at radius 2 is 1.77 bits per heavy atom. The van der Waals surface area contributed by atoms with E-state index in [-0.39, 0.29) is 13.0 Å². The van der Waals surface area contributed by atoms with Crippen LogP contribution in [0.2, 0.25) is 0 Å². The van der Waals surface area contributed by atoms with Gasteiger partial charge in [-0.05, 0) is 27.2 Å². The van der Waals surface area contributed by atoms with Crippen LogP contribution in [0.15, 0.2) is 0 Å². The Hall–Kier alpha value is -1.03. The Balaban J connectivity index is 2.89. The van der Waals surface area contributed by atoms with E-state index in [1.807, 2.05) is 0 Å². The van der Waals surface area contributed by atoms with Crippen LogP contribution in [-0.2, 0) is 19.0 Å². The molecule has 1 amide bonds. The van der Waals surface area contributed by atoms with Crippen molar-refractivity contribution in [3.05, 3.63) is 0 Å². The predicted molar refractivity (Wildman–Crippen MR) is 71.7 cm³/mol. The van der Waals surface area contributed by atoms with Crippen LogP contribution in [0, 0.1) is 0 Å². The molecule has 2 unspecified atom stereocenters. The molecule has 10 heteroatoms. The molecule has 130 valence electrons. The highest BCUT2D eigenvalue weighted by molar-refractivity contribution is 7.86. The average Bonchev–Trinajstić information content (AvgIpc) is 2.22. The molecule has 22 heavy (non-hydrogen) atoms. The molecule has 1 aliphatic heterocycles. The first-order valence-electron chi connectivity index (χ1n) is 6.63. The van der Waals surface area contributed by atoms with Gasteiger partial charge in [0.2, 0.25) is 0 Å². The third-order valence-electron chi connectivity index (χ3n) is 2.87. The van der Waals surface area contributed by atoms with Crippen LogP contribution >= 0.6 is 0 Å². The Bertz CT molecular complexity index is 512. The molecule has 0 spiro atoms. The van der Waals surface area contributed by atoms with Gasteiger partial charge in [-0.25, -0.2) is 4.79 Å². The monoisotopic (exact) mass is 347 g/mol. The van der Waals surface area contributed by atoms with Crippen LogP contribution in [0.4, 0.5) is 18.0 Å². The number of alkyl halides is 3. The summed E-state index contributed by atoms with van der Waals surface area (Å²) < 4.78 is 71.1. The molecule has 0 radical (unpaired) electrons. The number of ether oxygens (including phenoxy) is 1. The summed E-state index contributed by atoms with van der Waals surface area (Å²) in [6.07, 6.45) is -6.77. The number of piperidine rings is 1.